The van der Waals surface area contributed by atoms with Gasteiger partial charge in [0.2, 0.25) is 0 Å². The number of benzene rings is 1. The zero-order chi connectivity index (χ0) is 12.1. The molecule has 0 saturated heterocycles. The van der Waals surface area contributed by atoms with Crippen molar-refractivity contribution in [2.24, 2.45) is 0 Å². The monoisotopic (exact) mass is 223 g/mol. The van der Waals surface area contributed by atoms with E-state index in [0.29, 0.717) is 6.29 Å². The molecule has 16 heavy (non-hydrogen) atoms. The summed E-state index contributed by atoms with van der Waals surface area (Å²) in [7, 11) is 0. The lowest BCUT2D eigenvalue weighted by Gasteiger charge is -2.16. The van der Waals surface area contributed by atoms with Crippen molar-refractivity contribution in [3.63, 3.8) is 0 Å². The van der Waals surface area contributed by atoms with Crippen LogP contribution >= 0.6 is 0 Å². The first-order valence-electron chi connectivity index (χ1n) is 4.58. The van der Waals surface area contributed by atoms with Gasteiger partial charge in [-0.05, 0) is 18.2 Å². The van der Waals surface area contributed by atoms with E-state index in [1.165, 1.54) is 6.07 Å². The van der Waals surface area contributed by atoms with Gasteiger partial charge in [-0.1, -0.05) is 0 Å². The Balaban J connectivity index is 3.02. The number of rotatable bonds is 4. The highest BCUT2D eigenvalue weighted by molar-refractivity contribution is 5.75. The molecule has 1 aromatic carbocycles. The summed E-state index contributed by atoms with van der Waals surface area (Å²) in [5.74, 6) is -0.727. The molecular weight excluding hydrogens is 213 g/mol. The largest absolute Gasteiger partial charge is 0.389 e. The minimum absolute atomic E-state index is 0.188. The van der Waals surface area contributed by atoms with Gasteiger partial charge in [0.1, 0.15) is 18.2 Å². The molecule has 0 aromatic heterocycles. The third kappa shape index (κ3) is 2.63. The van der Waals surface area contributed by atoms with E-state index in [9.17, 15) is 19.4 Å². The van der Waals surface area contributed by atoms with Crippen molar-refractivity contribution in [3.05, 3.63) is 35.1 Å². The van der Waals surface area contributed by atoms with Gasteiger partial charge in [0.25, 0.3) is 0 Å². The van der Waals surface area contributed by atoms with Crippen LogP contribution in [0.5, 0.6) is 0 Å². The second-order valence-electron chi connectivity index (χ2n) is 3.27. The second kappa shape index (κ2) is 5.35. The summed E-state index contributed by atoms with van der Waals surface area (Å²) in [4.78, 5) is 10.5. The molecule has 0 aliphatic heterocycles. The molecule has 84 valence electrons. The van der Waals surface area contributed by atoms with E-state index >= 15 is 0 Å². The van der Waals surface area contributed by atoms with Gasteiger partial charge in [-0.2, -0.15) is 5.26 Å². The Hall–Kier alpha value is -1.77. The summed E-state index contributed by atoms with van der Waals surface area (Å²) in [6.45, 7) is 0. The Morgan fingerprint density at radius 2 is 2.19 bits per heavy atom. The first-order valence-corrected chi connectivity index (χ1v) is 4.58. The Kier molecular flexibility index (Phi) is 4.11. The summed E-state index contributed by atoms with van der Waals surface area (Å²) in [5, 5.41) is 27.2. The Labute approximate surface area is 91.6 Å². The standard InChI is InChI=1S/C11H10FNO3/c12-9-2-1-7(6-14)5-8(9)11(16)10(15)3-4-13/h1-2,5-6,10-11,15-16H,3H2. The van der Waals surface area contributed by atoms with E-state index in [0.717, 1.165) is 12.1 Å². The Bertz CT molecular complexity index is 428. The van der Waals surface area contributed by atoms with Crippen LogP contribution in [-0.4, -0.2) is 22.6 Å². The van der Waals surface area contributed by atoms with Crippen LogP contribution in [0.15, 0.2) is 18.2 Å². The smallest absolute Gasteiger partial charge is 0.150 e. The molecule has 0 saturated carbocycles. The van der Waals surface area contributed by atoms with Gasteiger partial charge in [0, 0.05) is 11.1 Å². The number of halogens is 1. The third-order valence-electron chi connectivity index (χ3n) is 2.14. The molecule has 2 atom stereocenters. The predicted molar refractivity (Wildman–Crippen MR) is 53.0 cm³/mol. The van der Waals surface area contributed by atoms with Gasteiger partial charge in [0.05, 0.1) is 18.6 Å². The zero-order valence-electron chi connectivity index (χ0n) is 8.30. The SMILES string of the molecule is N#CCC(O)C(O)c1cc(C=O)ccc1F. The lowest BCUT2D eigenvalue weighted by Crippen LogP contribution is -2.18. The first-order chi connectivity index (χ1) is 7.60. The van der Waals surface area contributed by atoms with Crippen LogP contribution in [0.2, 0.25) is 0 Å². The summed E-state index contributed by atoms with van der Waals surface area (Å²) in [5.41, 5.74) is 0.00644. The number of aliphatic hydroxyl groups is 2. The van der Waals surface area contributed by atoms with Crippen molar-refractivity contribution < 1.29 is 19.4 Å². The molecule has 0 amide bonds. The van der Waals surface area contributed by atoms with Crippen molar-refractivity contribution in [2.75, 3.05) is 0 Å². The number of hydrogen-bond acceptors (Lipinski definition) is 4. The van der Waals surface area contributed by atoms with Gasteiger partial charge in [-0.25, -0.2) is 4.39 Å². The van der Waals surface area contributed by atoms with E-state index < -0.39 is 18.0 Å². The van der Waals surface area contributed by atoms with Crippen molar-refractivity contribution in [1.29, 1.82) is 5.26 Å². The van der Waals surface area contributed by atoms with Crippen molar-refractivity contribution in [1.82, 2.24) is 0 Å². The maximum absolute atomic E-state index is 13.3. The molecule has 0 radical (unpaired) electrons. The number of carbonyl (C=O) groups excluding carboxylic acids is 1. The topological polar surface area (TPSA) is 81.3 Å². The molecule has 0 aliphatic carbocycles. The van der Waals surface area contributed by atoms with E-state index in [1.54, 1.807) is 6.07 Å². The van der Waals surface area contributed by atoms with Crippen LogP contribution in [0, 0.1) is 17.1 Å². The van der Waals surface area contributed by atoms with Gasteiger partial charge in [-0.3, -0.25) is 4.79 Å². The minimum Gasteiger partial charge on any atom is -0.389 e. The molecule has 2 N–H and O–H groups in total. The third-order valence-corrected chi connectivity index (χ3v) is 2.14. The second-order valence-corrected chi connectivity index (χ2v) is 3.27. The van der Waals surface area contributed by atoms with Gasteiger partial charge in [0.15, 0.2) is 0 Å². The molecule has 0 heterocycles. The predicted octanol–water partition coefficient (Wildman–Crippen LogP) is 0.946. The zero-order valence-corrected chi connectivity index (χ0v) is 8.30. The highest BCUT2D eigenvalue weighted by Gasteiger charge is 2.21. The molecule has 0 aliphatic rings. The van der Waals surface area contributed by atoms with Crippen LogP contribution < -0.4 is 0 Å². The summed E-state index contributed by atoms with van der Waals surface area (Å²) < 4.78 is 13.3. The lowest BCUT2D eigenvalue weighted by molar-refractivity contribution is 0.0195. The van der Waals surface area contributed by atoms with Crippen LogP contribution in [0.1, 0.15) is 28.4 Å². The maximum Gasteiger partial charge on any atom is 0.150 e. The fourth-order valence-electron chi connectivity index (χ4n) is 1.27. The summed E-state index contributed by atoms with van der Waals surface area (Å²) in [6.07, 6.45) is -2.70. The molecule has 0 spiro atoms. The van der Waals surface area contributed by atoms with Crippen molar-refractivity contribution in [2.45, 2.75) is 18.6 Å². The quantitative estimate of drug-likeness (QED) is 0.744. The van der Waals surface area contributed by atoms with E-state index in [1.807, 2.05) is 0 Å². The van der Waals surface area contributed by atoms with Gasteiger partial charge in [-0.15, -0.1) is 0 Å². The van der Waals surface area contributed by atoms with Crippen LogP contribution in [0.25, 0.3) is 0 Å². The molecule has 0 bridgehead atoms. The fourth-order valence-corrected chi connectivity index (χ4v) is 1.27. The average Bonchev–Trinajstić information content (AvgIpc) is 2.29. The minimum atomic E-state index is -1.51. The number of aliphatic hydroxyl groups excluding tert-OH is 2. The van der Waals surface area contributed by atoms with Crippen LogP contribution in [-0.2, 0) is 0 Å². The van der Waals surface area contributed by atoms with Crippen molar-refractivity contribution >= 4 is 6.29 Å². The molecule has 1 rings (SSSR count). The molecule has 5 heteroatoms. The number of nitrogens with zero attached hydrogens (tertiary/aromatic N) is 1. The summed E-state index contributed by atoms with van der Waals surface area (Å²) >= 11 is 0. The lowest BCUT2D eigenvalue weighted by atomic mass is 10.00. The molecule has 1 aromatic rings. The normalized spacial score (nSPS) is 13.9. The van der Waals surface area contributed by atoms with Gasteiger partial charge >= 0.3 is 0 Å². The van der Waals surface area contributed by atoms with Gasteiger partial charge < -0.3 is 10.2 Å². The molecular formula is C11H10FNO3. The number of hydrogen-bond donors (Lipinski definition) is 2. The van der Waals surface area contributed by atoms with Crippen LogP contribution in [0.3, 0.4) is 0 Å². The molecule has 0 fully saturated rings. The highest BCUT2D eigenvalue weighted by Crippen LogP contribution is 2.22. The molecule has 2 unspecified atom stereocenters. The number of nitriles is 1. The van der Waals surface area contributed by atoms with E-state index in [2.05, 4.69) is 0 Å². The highest BCUT2D eigenvalue weighted by atomic mass is 19.1. The number of carbonyl (C=O) groups is 1. The Morgan fingerprint density at radius 1 is 1.50 bits per heavy atom. The summed E-state index contributed by atoms with van der Waals surface area (Å²) in [6, 6.07) is 5.10. The van der Waals surface area contributed by atoms with Crippen LogP contribution in [0.4, 0.5) is 4.39 Å². The van der Waals surface area contributed by atoms with E-state index in [-0.39, 0.29) is 17.5 Å². The van der Waals surface area contributed by atoms with Crippen molar-refractivity contribution in [3.8, 4) is 6.07 Å². The average molecular weight is 223 g/mol. The fraction of sp³-hybridized carbons (Fsp3) is 0.273. The molecule has 4 nitrogen and oxygen atoms in total. The van der Waals surface area contributed by atoms with E-state index in [4.69, 9.17) is 5.26 Å². The Morgan fingerprint density at radius 3 is 2.75 bits per heavy atom. The first kappa shape index (κ1) is 12.3. The number of aldehydes is 1. The maximum atomic E-state index is 13.3.